The van der Waals surface area contributed by atoms with Crippen molar-refractivity contribution in [1.82, 2.24) is 0 Å². The van der Waals surface area contributed by atoms with E-state index in [1.807, 2.05) is 66.7 Å². The van der Waals surface area contributed by atoms with E-state index in [1.165, 1.54) is 21.6 Å². The van der Waals surface area contributed by atoms with Crippen molar-refractivity contribution in [2.24, 2.45) is 17.8 Å². The van der Waals surface area contributed by atoms with Crippen LogP contribution in [-0.2, 0) is 14.3 Å². The van der Waals surface area contributed by atoms with Gasteiger partial charge in [-0.05, 0) is 115 Å². The maximum atomic E-state index is 14.0. The third-order valence-corrected chi connectivity index (χ3v) is 10.1. The summed E-state index contributed by atoms with van der Waals surface area (Å²) in [4.78, 5) is 29.2. The topological polar surface area (TPSA) is 88.1 Å². The van der Waals surface area contributed by atoms with Gasteiger partial charge in [-0.2, -0.15) is 0 Å². The smallest absolute Gasteiger partial charge is 0.238 e. The van der Waals surface area contributed by atoms with Crippen molar-refractivity contribution in [2.75, 3.05) is 23.9 Å². The van der Waals surface area contributed by atoms with E-state index in [2.05, 4.69) is 47.8 Å². The molecule has 0 spiro atoms. The standard InChI is InChI=1S/C37H39IN2O5/c1-4-8-24-20-28-34(37(43)40(36(28)42)27-14-12-26(13-15-27)39-25-9-6-5-7-10-25)29-21-45-31(33(24)29)16-11-22(2)17-23-18-30(38)35(41)32(19-23)44-3/h5-7,9-10,12-15,17-19,28-29,31,34,39,41H,4,8,11,16,20-21H2,1-3H3/b22-17+/t28-,29+,31-,34-/m1/s1. The molecule has 8 heteroatoms. The van der Waals surface area contributed by atoms with Gasteiger partial charge in [0, 0.05) is 17.3 Å². The summed E-state index contributed by atoms with van der Waals surface area (Å²) in [7, 11) is 1.55. The van der Waals surface area contributed by atoms with Crippen LogP contribution in [0.1, 0.15) is 51.5 Å². The number of phenols is 1. The number of carbonyl (C=O) groups excluding carboxylic acids is 2. The number of rotatable bonds is 10. The molecule has 3 aliphatic rings. The SMILES string of the molecule is CCCC1=C2[C@@H](CC/C(C)=C/c3cc(I)c(O)c(OC)c3)OC[C@@H]2[C@@H]2C(=O)N(c3ccc(Nc4ccccc4)cc3)C(=O)[C@@H]2C1. The summed E-state index contributed by atoms with van der Waals surface area (Å²) in [5.41, 5.74) is 7.22. The van der Waals surface area contributed by atoms with E-state index in [9.17, 15) is 14.7 Å². The van der Waals surface area contributed by atoms with Crippen LogP contribution in [0, 0.1) is 21.3 Å². The Morgan fingerprint density at radius 2 is 1.80 bits per heavy atom. The van der Waals surface area contributed by atoms with Crippen molar-refractivity contribution in [1.29, 1.82) is 0 Å². The highest BCUT2D eigenvalue weighted by molar-refractivity contribution is 14.1. The molecule has 3 aromatic rings. The number of allylic oxidation sites excluding steroid dienone is 2. The molecule has 0 aromatic heterocycles. The van der Waals surface area contributed by atoms with E-state index < -0.39 is 0 Å². The average Bonchev–Trinajstić information content (AvgIpc) is 3.57. The van der Waals surface area contributed by atoms with Gasteiger partial charge >= 0.3 is 0 Å². The van der Waals surface area contributed by atoms with E-state index in [1.54, 1.807) is 7.11 Å². The summed E-state index contributed by atoms with van der Waals surface area (Å²) in [6, 6.07) is 21.2. The molecule has 2 heterocycles. The summed E-state index contributed by atoms with van der Waals surface area (Å²) >= 11 is 2.11. The van der Waals surface area contributed by atoms with E-state index in [0.29, 0.717) is 24.5 Å². The van der Waals surface area contributed by atoms with Gasteiger partial charge in [-0.3, -0.25) is 14.5 Å². The number of halogens is 1. The number of hydrogen-bond donors (Lipinski definition) is 2. The summed E-state index contributed by atoms with van der Waals surface area (Å²) in [5.74, 6) is -0.388. The van der Waals surface area contributed by atoms with Gasteiger partial charge in [-0.1, -0.05) is 48.8 Å². The average molecular weight is 719 g/mol. The molecule has 2 aliphatic heterocycles. The van der Waals surface area contributed by atoms with Crippen molar-refractivity contribution in [3.05, 3.63) is 92.6 Å². The van der Waals surface area contributed by atoms with Crippen LogP contribution in [0.25, 0.3) is 6.08 Å². The fourth-order valence-corrected chi connectivity index (χ4v) is 7.82. The van der Waals surface area contributed by atoms with Gasteiger partial charge in [0.2, 0.25) is 11.8 Å². The third kappa shape index (κ3) is 6.27. The second-order valence-corrected chi connectivity index (χ2v) is 13.4. The number of nitrogens with one attached hydrogen (secondary N) is 1. The van der Waals surface area contributed by atoms with Gasteiger partial charge in [0.05, 0.1) is 40.9 Å². The number of fused-ring (bicyclic) bond motifs is 3. The molecule has 2 saturated heterocycles. The molecule has 3 aromatic carbocycles. The molecule has 2 amide bonds. The Hall–Kier alpha value is -3.63. The zero-order valence-electron chi connectivity index (χ0n) is 25.9. The van der Waals surface area contributed by atoms with Crippen molar-refractivity contribution >= 4 is 57.5 Å². The molecule has 0 bridgehead atoms. The molecular formula is C37H39IN2O5. The Labute approximate surface area is 278 Å². The largest absolute Gasteiger partial charge is 0.504 e. The zero-order chi connectivity index (χ0) is 31.7. The van der Waals surface area contributed by atoms with E-state index in [4.69, 9.17) is 9.47 Å². The molecule has 234 valence electrons. The number of hydrogen-bond acceptors (Lipinski definition) is 6. The number of ether oxygens (including phenoxy) is 2. The maximum Gasteiger partial charge on any atom is 0.238 e. The molecule has 0 radical (unpaired) electrons. The normalized spacial score (nSPS) is 22.9. The maximum absolute atomic E-state index is 14.0. The van der Waals surface area contributed by atoms with E-state index in [-0.39, 0.29) is 41.4 Å². The highest BCUT2D eigenvalue weighted by Crippen LogP contribution is 2.51. The van der Waals surface area contributed by atoms with Crippen LogP contribution in [0.2, 0.25) is 0 Å². The molecule has 2 N–H and O–H groups in total. The second kappa shape index (κ2) is 13.4. The van der Waals surface area contributed by atoms with Crippen molar-refractivity contribution in [2.45, 2.75) is 52.1 Å². The number of amides is 2. The van der Waals surface area contributed by atoms with Gasteiger partial charge in [0.1, 0.15) is 0 Å². The summed E-state index contributed by atoms with van der Waals surface area (Å²) in [5, 5.41) is 13.6. The van der Waals surface area contributed by atoms with E-state index in [0.717, 1.165) is 46.2 Å². The lowest BCUT2D eigenvalue weighted by Gasteiger charge is -2.31. The summed E-state index contributed by atoms with van der Waals surface area (Å²) in [6.07, 6.45) is 6.22. The Morgan fingerprint density at radius 3 is 2.51 bits per heavy atom. The zero-order valence-corrected chi connectivity index (χ0v) is 28.0. The number of phenolic OH excluding ortho intramolecular Hbond substituents is 1. The number of para-hydroxylation sites is 1. The first-order chi connectivity index (χ1) is 21.8. The van der Waals surface area contributed by atoms with Crippen LogP contribution in [-0.4, -0.2) is 36.7 Å². The fourth-order valence-electron chi connectivity index (χ4n) is 7.20. The first kappa shape index (κ1) is 31.4. The molecule has 2 fully saturated rings. The minimum Gasteiger partial charge on any atom is -0.504 e. The fraction of sp³-hybridized carbons (Fsp3) is 0.351. The number of anilines is 3. The quantitative estimate of drug-likeness (QED) is 0.125. The van der Waals surface area contributed by atoms with Crippen LogP contribution in [0.5, 0.6) is 11.5 Å². The van der Waals surface area contributed by atoms with Crippen LogP contribution in [0.3, 0.4) is 0 Å². The predicted octanol–water partition coefficient (Wildman–Crippen LogP) is 8.25. The molecule has 0 saturated carbocycles. The lowest BCUT2D eigenvalue weighted by molar-refractivity contribution is -0.122. The molecule has 1 aliphatic carbocycles. The number of benzene rings is 3. The highest BCUT2D eigenvalue weighted by Gasteiger charge is 2.57. The molecule has 7 nitrogen and oxygen atoms in total. The summed E-state index contributed by atoms with van der Waals surface area (Å²) in [6.45, 7) is 4.74. The predicted molar refractivity (Wildman–Crippen MR) is 186 cm³/mol. The number of aromatic hydroxyl groups is 1. The lowest BCUT2D eigenvalue weighted by Crippen LogP contribution is -2.34. The number of carbonyl (C=O) groups is 2. The summed E-state index contributed by atoms with van der Waals surface area (Å²) < 4.78 is 12.5. The van der Waals surface area contributed by atoms with Crippen LogP contribution < -0.4 is 15.0 Å². The van der Waals surface area contributed by atoms with Gasteiger partial charge in [0.15, 0.2) is 11.5 Å². The number of methoxy groups -OCH3 is 1. The first-order valence-corrected chi connectivity index (χ1v) is 16.7. The number of imide groups is 1. The highest BCUT2D eigenvalue weighted by atomic mass is 127. The van der Waals surface area contributed by atoms with Gasteiger partial charge in [0.25, 0.3) is 0 Å². The Bertz CT molecular complexity index is 1650. The Kier molecular flexibility index (Phi) is 9.33. The molecule has 0 unspecified atom stereocenters. The van der Waals surface area contributed by atoms with E-state index >= 15 is 0 Å². The van der Waals surface area contributed by atoms with Crippen LogP contribution >= 0.6 is 22.6 Å². The van der Waals surface area contributed by atoms with Crippen molar-refractivity contribution < 1.29 is 24.2 Å². The number of nitrogens with zero attached hydrogens (tertiary/aromatic N) is 1. The van der Waals surface area contributed by atoms with Gasteiger partial charge in [-0.25, -0.2) is 0 Å². The monoisotopic (exact) mass is 718 g/mol. The molecule has 45 heavy (non-hydrogen) atoms. The second-order valence-electron chi connectivity index (χ2n) is 12.2. The first-order valence-electron chi connectivity index (χ1n) is 15.7. The molecular weight excluding hydrogens is 679 g/mol. The minimum atomic E-state index is -0.386. The third-order valence-electron chi connectivity index (χ3n) is 9.23. The Morgan fingerprint density at radius 1 is 1.07 bits per heavy atom. The van der Waals surface area contributed by atoms with Gasteiger partial charge in [-0.15, -0.1) is 0 Å². The molecule has 6 rings (SSSR count). The Balaban J connectivity index is 1.18. The molecule has 4 atom stereocenters. The van der Waals surface area contributed by atoms with Gasteiger partial charge < -0.3 is 19.9 Å². The lowest BCUT2D eigenvalue weighted by atomic mass is 9.68. The van der Waals surface area contributed by atoms with Crippen LogP contribution in [0.15, 0.2) is 83.4 Å². The van der Waals surface area contributed by atoms with Crippen LogP contribution in [0.4, 0.5) is 17.1 Å². The minimum absolute atomic E-state index is 0.0596. The van der Waals surface area contributed by atoms with Crippen molar-refractivity contribution in [3.63, 3.8) is 0 Å². The van der Waals surface area contributed by atoms with Crippen molar-refractivity contribution in [3.8, 4) is 11.5 Å².